The number of anilines is 3. The van der Waals surface area contributed by atoms with E-state index in [0.717, 1.165) is 32.2 Å². The molecule has 2 aliphatic rings. The number of benzene rings is 1. The second kappa shape index (κ2) is 10.3. The molecule has 1 unspecified atom stereocenters. The lowest BCUT2D eigenvalue weighted by Gasteiger charge is -2.31. The Morgan fingerprint density at radius 1 is 1.17 bits per heavy atom. The molecular formula is C24H27ClFN7O2. The third-order valence-corrected chi connectivity index (χ3v) is 6.84. The van der Waals surface area contributed by atoms with Crippen molar-refractivity contribution in [3.63, 3.8) is 0 Å². The van der Waals surface area contributed by atoms with Crippen LogP contribution in [0.4, 0.5) is 21.8 Å². The lowest BCUT2D eigenvalue weighted by Crippen LogP contribution is -2.46. The monoisotopic (exact) mass is 499 g/mol. The van der Waals surface area contributed by atoms with Gasteiger partial charge in [-0.3, -0.25) is 4.79 Å². The standard InChI is InChI=1S/C24H27ClFN7O2/c1-13-20-21(23(29-12-28-20)31-16-6-7-18(26)17(25)10-16)33-24(30-13)32-15-4-2-14(3-5-15)22(34)19-11-27-8-9-35-19/h6-7,10,12,14-15,19,27H,2-5,8-9,11H2,1H3,(H,28,29,31)(H,30,32,33). The highest BCUT2D eigenvalue weighted by Gasteiger charge is 2.32. The minimum Gasteiger partial charge on any atom is -0.368 e. The van der Waals surface area contributed by atoms with Gasteiger partial charge >= 0.3 is 0 Å². The van der Waals surface area contributed by atoms with Gasteiger partial charge in [0.25, 0.3) is 0 Å². The Bertz CT molecular complexity index is 1230. The molecular weight excluding hydrogens is 473 g/mol. The van der Waals surface area contributed by atoms with Gasteiger partial charge in [0.1, 0.15) is 29.3 Å². The largest absolute Gasteiger partial charge is 0.368 e. The van der Waals surface area contributed by atoms with Gasteiger partial charge in [0.05, 0.1) is 17.3 Å². The van der Waals surface area contributed by atoms with E-state index in [1.165, 1.54) is 18.5 Å². The van der Waals surface area contributed by atoms with E-state index < -0.39 is 5.82 Å². The molecule has 3 heterocycles. The Hall–Kier alpha value is -2.95. The fraction of sp³-hybridized carbons (Fsp3) is 0.458. The van der Waals surface area contributed by atoms with E-state index in [-0.39, 0.29) is 28.9 Å². The molecule has 184 valence electrons. The van der Waals surface area contributed by atoms with Gasteiger partial charge in [-0.15, -0.1) is 0 Å². The fourth-order valence-electron chi connectivity index (χ4n) is 4.67. The zero-order chi connectivity index (χ0) is 24.4. The molecule has 3 N–H and O–H groups in total. The summed E-state index contributed by atoms with van der Waals surface area (Å²) in [5.41, 5.74) is 2.47. The summed E-state index contributed by atoms with van der Waals surface area (Å²) >= 11 is 5.92. The average Bonchev–Trinajstić information content (AvgIpc) is 2.87. The van der Waals surface area contributed by atoms with E-state index in [1.54, 1.807) is 6.07 Å². The first-order valence-electron chi connectivity index (χ1n) is 11.8. The molecule has 0 amide bonds. The first-order chi connectivity index (χ1) is 17.0. The van der Waals surface area contributed by atoms with Gasteiger partial charge in [0.2, 0.25) is 5.95 Å². The topological polar surface area (TPSA) is 114 Å². The minimum atomic E-state index is -0.492. The smallest absolute Gasteiger partial charge is 0.223 e. The summed E-state index contributed by atoms with van der Waals surface area (Å²) in [6.45, 7) is 3.85. The van der Waals surface area contributed by atoms with E-state index in [9.17, 15) is 9.18 Å². The van der Waals surface area contributed by atoms with Gasteiger partial charge in [0, 0.05) is 30.7 Å². The lowest BCUT2D eigenvalue weighted by atomic mass is 9.82. The molecule has 1 atom stereocenters. The van der Waals surface area contributed by atoms with E-state index in [2.05, 4.69) is 35.9 Å². The van der Waals surface area contributed by atoms with Crippen LogP contribution in [0.15, 0.2) is 24.5 Å². The molecule has 0 spiro atoms. The molecule has 1 aliphatic heterocycles. The maximum Gasteiger partial charge on any atom is 0.223 e. The van der Waals surface area contributed by atoms with Crippen LogP contribution in [0.1, 0.15) is 31.4 Å². The van der Waals surface area contributed by atoms with Gasteiger partial charge < -0.3 is 20.7 Å². The number of halogens is 2. The van der Waals surface area contributed by atoms with Gasteiger partial charge in [-0.05, 0) is 50.8 Å². The highest BCUT2D eigenvalue weighted by Crippen LogP contribution is 2.30. The van der Waals surface area contributed by atoms with E-state index in [1.807, 2.05) is 6.92 Å². The second-order valence-electron chi connectivity index (χ2n) is 8.96. The van der Waals surface area contributed by atoms with Crippen molar-refractivity contribution < 1.29 is 13.9 Å². The number of nitrogens with zero attached hydrogens (tertiary/aromatic N) is 4. The number of ether oxygens (including phenoxy) is 1. The van der Waals surface area contributed by atoms with E-state index >= 15 is 0 Å². The third-order valence-electron chi connectivity index (χ3n) is 6.55. The van der Waals surface area contributed by atoms with Crippen LogP contribution in [0, 0.1) is 18.7 Å². The summed E-state index contributed by atoms with van der Waals surface area (Å²) < 4.78 is 19.2. The van der Waals surface area contributed by atoms with Crippen molar-refractivity contribution in [2.45, 2.75) is 44.8 Å². The summed E-state index contributed by atoms with van der Waals surface area (Å²) in [4.78, 5) is 30.7. The Labute approximate surface area is 207 Å². The molecule has 3 aromatic rings. The predicted molar refractivity (Wildman–Crippen MR) is 132 cm³/mol. The Morgan fingerprint density at radius 2 is 2.00 bits per heavy atom. The van der Waals surface area contributed by atoms with Crippen LogP contribution < -0.4 is 16.0 Å². The number of aromatic nitrogens is 4. The summed E-state index contributed by atoms with van der Waals surface area (Å²) in [5, 5.41) is 9.82. The van der Waals surface area contributed by atoms with Crippen LogP contribution >= 0.6 is 11.6 Å². The molecule has 5 rings (SSSR count). The molecule has 1 aromatic carbocycles. The van der Waals surface area contributed by atoms with Crippen LogP contribution in [0.25, 0.3) is 11.0 Å². The summed E-state index contributed by atoms with van der Waals surface area (Å²) in [5.74, 6) is 0.709. The van der Waals surface area contributed by atoms with Gasteiger partial charge in [-0.25, -0.2) is 24.3 Å². The zero-order valence-corrected chi connectivity index (χ0v) is 20.1. The SMILES string of the molecule is Cc1nc(NC2CCC(C(=O)C3CNCCO3)CC2)nc2c(Nc3ccc(F)c(Cl)c3)ncnc12. The first kappa shape index (κ1) is 23.8. The number of morpholine rings is 1. The van der Waals surface area contributed by atoms with Crippen LogP contribution in [0.2, 0.25) is 5.02 Å². The summed E-state index contributed by atoms with van der Waals surface area (Å²) in [7, 11) is 0. The Morgan fingerprint density at radius 3 is 2.74 bits per heavy atom. The molecule has 35 heavy (non-hydrogen) atoms. The van der Waals surface area contributed by atoms with Gasteiger partial charge in [-0.2, -0.15) is 0 Å². The van der Waals surface area contributed by atoms with Crippen molar-refractivity contribution in [2.24, 2.45) is 5.92 Å². The number of aryl methyl sites for hydroxylation is 1. The van der Waals surface area contributed by atoms with Crippen molar-refractivity contribution in [2.75, 3.05) is 30.3 Å². The summed E-state index contributed by atoms with van der Waals surface area (Å²) in [6.07, 6.45) is 4.42. The first-order valence-corrected chi connectivity index (χ1v) is 12.2. The predicted octanol–water partition coefficient (Wildman–Crippen LogP) is 3.79. The molecule has 11 heteroatoms. The second-order valence-corrected chi connectivity index (χ2v) is 9.37. The third kappa shape index (κ3) is 5.34. The number of ketones is 1. The molecule has 0 bridgehead atoms. The number of hydrogen-bond acceptors (Lipinski definition) is 9. The minimum absolute atomic E-state index is 0.0157. The van der Waals surface area contributed by atoms with Crippen LogP contribution in [-0.4, -0.2) is 57.6 Å². The highest BCUT2D eigenvalue weighted by atomic mass is 35.5. The quantitative estimate of drug-likeness (QED) is 0.466. The number of carbonyl (C=O) groups excluding carboxylic acids is 1. The Balaban J connectivity index is 1.29. The molecule has 1 saturated carbocycles. The van der Waals surface area contributed by atoms with Crippen molar-refractivity contribution in [1.29, 1.82) is 0 Å². The molecule has 1 saturated heterocycles. The number of Topliss-reactive ketones (excluding diaryl/α,β-unsaturated/α-hetero) is 1. The van der Waals surface area contributed by atoms with E-state index in [4.69, 9.17) is 16.3 Å². The van der Waals surface area contributed by atoms with Gasteiger partial charge in [0.15, 0.2) is 11.6 Å². The number of hydrogen-bond donors (Lipinski definition) is 3. The zero-order valence-electron chi connectivity index (χ0n) is 19.4. The van der Waals surface area contributed by atoms with Crippen LogP contribution in [-0.2, 0) is 9.53 Å². The van der Waals surface area contributed by atoms with Gasteiger partial charge in [-0.1, -0.05) is 11.6 Å². The molecule has 2 aromatic heterocycles. The maximum absolute atomic E-state index is 13.5. The van der Waals surface area contributed by atoms with Crippen LogP contribution in [0.5, 0.6) is 0 Å². The van der Waals surface area contributed by atoms with Crippen molar-refractivity contribution in [3.05, 3.63) is 41.1 Å². The van der Waals surface area contributed by atoms with E-state index in [0.29, 0.717) is 47.3 Å². The summed E-state index contributed by atoms with van der Waals surface area (Å²) in [6, 6.07) is 4.53. The van der Waals surface area contributed by atoms with Crippen molar-refractivity contribution >= 4 is 45.9 Å². The normalized spacial score (nSPS) is 22.7. The van der Waals surface area contributed by atoms with Crippen molar-refractivity contribution in [1.82, 2.24) is 25.3 Å². The maximum atomic E-state index is 13.5. The Kier molecular flexibility index (Phi) is 7.03. The molecule has 9 nitrogen and oxygen atoms in total. The number of rotatable bonds is 6. The highest BCUT2D eigenvalue weighted by molar-refractivity contribution is 6.31. The lowest BCUT2D eigenvalue weighted by molar-refractivity contribution is -0.137. The number of carbonyl (C=O) groups is 1. The molecule has 0 radical (unpaired) electrons. The number of fused-ring (bicyclic) bond motifs is 1. The molecule has 2 fully saturated rings. The van der Waals surface area contributed by atoms with Crippen LogP contribution in [0.3, 0.4) is 0 Å². The fourth-order valence-corrected chi connectivity index (χ4v) is 4.86. The number of nitrogens with one attached hydrogen (secondary N) is 3. The average molecular weight is 500 g/mol. The van der Waals surface area contributed by atoms with Crippen molar-refractivity contribution in [3.8, 4) is 0 Å². The molecule has 1 aliphatic carbocycles.